The fraction of sp³-hybridized carbons (Fsp3) is 0.529. The fourth-order valence-corrected chi connectivity index (χ4v) is 2.97. The Labute approximate surface area is 154 Å². The number of anilines is 1. The molecule has 0 atom stereocenters. The first-order valence-corrected chi connectivity index (χ1v) is 9.37. The molecule has 0 fully saturated rings. The molecule has 144 valence electrons. The van der Waals surface area contributed by atoms with Crippen molar-refractivity contribution in [3.8, 4) is 11.5 Å². The van der Waals surface area contributed by atoms with Gasteiger partial charge in [0.15, 0.2) is 0 Å². The summed E-state index contributed by atoms with van der Waals surface area (Å²) in [5, 5.41) is 8.36. The maximum Gasteiger partial charge on any atom is 0.411 e. The number of ether oxygens (including phenoxy) is 1. The van der Waals surface area contributed by atoms with Gasteiger partial charge < -0.3 is 14.1 Å². The quantitative estimate of drug-likeness (QED) is 0.436. The highest BCUT2D eigenvalue weighted by Gasteiger charge is 2.27. The lowest BCUT2D eigenvalue weighted by Gasteiger charge is -2.20. The van der Waals surface area contributed by atoms with Crippen molar-refractivity contribution in [3.63, 3.8) is 0 Å². The van der Waals surface area contributed by atoms with E-state index in [9.17, 15) is 13.2 Å². The number of alkyl halides is 3. The first-order valence-electron chi connectivity index (χ1n) is 8.39. The molecule has 1 aromatic heterocycles. The van der Waals surface area contributed by atoms with Crippen molar-refractivity contribution in [1.82, 2.24) is 10.2 Å². The monoisotopic (exact) mass is 389 g/mol. The maximum atomic E-state index is 11.9. The van der Waals surface area contributed by atoms with Crippen LogP contribution in [0, 0.1) is 0 Å². The van der Waals surface area contributed by atoms with Crippen LogP contribution in [0.5, 0.6) is 0 Å². The summed E-state index contributed by atoms with van der Waals surface area (Å²) < 4.78 is 46.0. The maximum absolute atomic E-state index is 11.9. The van der Waals surface area contributed by atoms with Gasteiger partial charge in [-0.1, -0.05) is 11.8 Å². The molecule has 0 N–H and O–H groups in total. The molecule has 0 bridgehead atoms. The number of hydrogen-bond acceptors (Lipinski definition) is 6. The Hall–Kier alpha value is -1.74. The Bertz CT molecular complexity index is 658. The molecule has 5 nitrogen and oxygen atoms in total. The molecule has 0 spiro atoms. The van der Waals surface area contributed by atoms with Gasteiger partial charge in [0.1, 0.15) is 6.61 Å². The lowest BCUT2D eigenvalue weighted by Crippen LogP contribution is -2.21. The molecule has 0 unspecified atom stereocenters. The van der Waals surface area contributed by atoms with Gasteiger partial charge in [0.2, 0.25) is 5.89 Å². The third-order valence-electron chi connectivity index (χ3n) is 3.57. The SMILES string of the molecule is CCN(CC)c1ccc(-c2nnc(SCCCOCC(F)(F)F)o2)cc1. The van der Waals surface area contributed by atoms with E-state index in [1.165, 1.54) is 11.8 Å². The van der Waals surface area contributed by atoms with E-state index in [4.69, 9.17) is 4.42 Å². The van der Waals surface area contributed by atoms with E-state index >= 15 is 0 Å². The molecular weight excluding hydrogens is 367 g/mol. The van der Waals surface area contributed by atoms with Crippen molar-refractivity contribution < 1.29 is 22.3 Å². The number of nitrogens with zero attached hydrogens (tertiary/aromatic N) is 3. The highest BCUT2D eigenvalue weighted by atomic mass is 32.2. The Balaban J connectivity index is 1.80. The van der Waals surface area contributed by atoms with E-state index < -0.39 is 12.8 Å². The minimum absolute atomic E-state index is 0.0420. The summed E-state index contributed by atoms with van der Waals surface area (Å²) >= 11 is 1.30. The van der Waals surface area contributed by atoms with Crippen molar-refractivity contribution in [2.75, 3.05) is 37.0 Å². The van der Waals surface area contributed by atoms with Crippen molar-refractivity contribution >= 4 is 17.4 Å². The summed E-state index contributed by atoms with van der Waals surface area (Å²) in [4.78, 5) is 2.24. The van der Waals surface area contributed by atoms with E-state index in [1.54, 1.807) is 0 Å². The normalized spacial score (nSPS) is 11.7. The van der Waals surface area contributed by atoms with E-state index in [2.05, 4.69) is 33.7 Å². The zero-order valence-electron chi connectivity index (χ0n) is 14.8. The summed E-state index contributed by atoms with van der Waals surface area (Å²) in [6.07, 6.45) is -3.81. The molecule has 0 saturated heterocycles. The van der Waals surface area contributed by atoms with Gasteiger partial charge in [-0.3, -0.25) is 0 Å². The number of hydrogen-bond donors (Lipinski definition) is 0. The molecular formula is C17H22F3N3O2S. The second-order valence-electron chi connectivity index (χ2n) is 5.46. The highest BCUT2D eigenvalue weighted by molar-refractivity contribution is 7.99. The van der Waals surface area contributed by atoms with Crippen LogP contribution in [0.25, 0.3) is 11.5 Å². The lowest BCUT2D eigenvalue weighted by molar-refractivity contribution is -0.173. The van der Waals surface area contributed by atoms with E-state index in [0.29, 0.717) is 23.3 Å². The minimum Gasteiger partial charge on any atom is -0.411 e. The van der Waals surface area contributed by atoms with Gasteiger partial charge >= 0.3 is 6.18 Å². The summed E-state index contributed by atoms with van der Waals surface area (Å²) in [6.45, 7) is 4.90. The van der Waals surface area contributed by atoms with Crippen LogP contribution < -0.4 is 4.90 Å². The number of rotatable bonds is 10. The number of thioether (sulfide) groups is 1. The minimum atomic E-state index is -4.28. The van der Waals surface area contributed by atoms with Gasteiger partial charge in [-0.15, -0.1) is 10.2 Å². The Morgan fingerprint density at radius 2 is 1.81 bits per heavy atom. The van der Waals surface area contributed by atoms with Gasteiger partial charge in [0.25, 0.3) is 5.22 Å². The van der Waals surface area contributed by atoms with Crippen LogP contribution in [0.15, 0.2) is 33.9 Å². The van der Waals surface area contributed by atoms with Crippen molar-refractivity contribution in [2.24, 2.45) is 0 Å². The zero-order valence-corrected chi connectivity index (χ0v) is 15.6. The smallest absolute Gasteiger partial charge is 0.411 e. The molecule has 1 aromatic carbocycles. The first kappa shape index (κ1) is 20.6. The number of aromatic nitrogens is 2. The molecule has 0 saturated carbocycles. The summed E-state index contributed by atoms with van der Waals surface area (Å²) in [5.41, 5.74) is 1.96. The molecule has 0 aliphatic carbocycles. The molecule has 2 rings (SSSR count). The summed E-state index contributed by atoms with van der Waals surface area (Å²) in [6, 6.07) is 7.88. The summed E-state index contributed by atoms with van der Waals surface area (Å²) in [7, 11) is 0. The van der Waals surface area contributed by atoms with E-state index in [0.717, 1.165) is 24.3 Å². The molecule has 0 aliphatic heterocycles. The molecule has 2 aromatic rings. The zero-order chi connectivity index (χ0) is 19.0. The second kappa shape index (κ2) is 9.82. The molecule has 0 amide bonds. The van der Waals surface area contributed by atoms with Crippen molar-refractivity contribution in [1.29, 1.82) is 0 Å². The molecule has 26 heavy (non-hydrogen) atoms. The van der Waals surface area contributed by atoms with Gasteiger partial charge in [0, 0.05) is 36.7 Å². The average molecular weight is 389 g/mol. The molecule has 0 aliphatic rings. The Morgan fingerprint density at radius 1 is 1.12 bits per heavy atom. The van der Waals surface area contributed by atoms with Crippen LogP contribution in [0.4, 0.5) is 18.9 Å². The third kappa shape index (κ3) is 6.53. The second-order valence-corrected chi connectivity index (χ2v) is 6.51. The van der Waals surface area contributed by atoms with Gasteiger partial charge in [0.05, 0.1) is 0 Å². The van der Waals surface area contributed by atoms with Crippen LogP contribution in [0.1, 0.15) is 20.3 Å². The predicted octanol–water partition coefficient (Wildman–Crippen LogP) is 4.64. The standard InChI is InChI=1S/C17H22F3N3O2S/c1-3-23(4-2)14-8-6-13(7-9-14)15-21-22-16(25-15)26-11-5-10-24-12-17(18,19)20/h6-9H,3-5,10-12H2,1-2H3. The highest BCUT2D eigenvalue weighted by Crippen LogP contribution is 2.25. The van der Waals surface area contributed by atoms with Gasteiger partial charge in [-0.05, 0) is 44.5 Å². The molecule has 9 heteroatoms. The lowest BCUT2D eigenvalue weighted by atomic mass is 10.2. The number of benzene rings is 1. The van der Waals surface area contributed by atoms with E-state index in [1.807, 2.05) is 24.3 Å². The molecule has 0 radical (unpaired) electrons. The number of halogens is 3. The topological polar surface area (TPSA) is 51.4 Å². The average Bonchev–Trinajstić information content (AvgIpc) is 3.08. The van der Waals surface area contributed by atoms with Crippen LogP contribution in [0.3, 0.4) is 0 Å². The fourth-order valence-electron chi connectivity index (χ4n) is 2.30. The molecule has 1 heterocycles. The largest absolute Gasteiger partial charge is 0.411 e. The Morgan fingerprint density at radius 3 is 2.42 bits per heavy atom. The van der Waals surface area contributed by atoms with Gasteiger partial charge in [-0.25, -0.2) is 0 Å². The van der Waals surface area contributed by atoms with Crippen LogP contribution in [-0.4, -0.2) is 48.4 Å². The third-order valence-corrected chi connectivity index (χ3v) is 4.48. The predicted molar refractivity (Wildman–Crippen MR) is 95.5 cm³/mol. The van der Waals surface area contributed by atoms with Crippen LogP contribution in [-0.2, 0) is 4.74 Å². The Kier molecular flexibility index (Phi) is 7.77. The summed E-state index contributed by atoms with van der Waals surface area (Å²) in [5.74, 6) is 0.965. The van der Waals surface area contributed by atoms with Gasteiger partial charge in [-0.2, -0.15) is 13.2 Å². The van der Waals surface area contributed by atoms with Crippen LogP contribution >= 0.6 is 11.8 Å². The van der Waals surface area contributed by atoms with Crippen molar-refractivity contribution in [2.45, 2.75) is 31.7 Å². The van der Waals surface area contributed by atoms with Crippen LogP contribution in [0.2, 0.25) is 0 Å². The van der Waals surface area contributed by atoms with E-state index in [-0.39, 0.29) is 6.61 Å². The van der Waals surface area contributed by atoms with Crippen molar-refractivity contribution in [3.05, 3.63) is 24.3 Å². The first-order chi connectivity index (χ1) is 12.4.